The minimum Gasteiger partial charge on any atom is -0.494 e. The van der Waals surface area contributed by atoms with E-state index in [-0.39, 0.29) is 0 Å². The minimum atomic E-state index is -4.61. The van der Waals surface area contributed by atoms with Gasteiger partial charge in [0.2, 0.25) is 0 Å². The van der Waals surface area contributed by atoms with Crippen LogP contribution in [0.25, 0.3) is 0 Å². The number of hydrogen-bond donors (Lipinski definition) is 4. The molecule has 1 saturated carbocycles. The SMILES string of the molecule is NC(CO)(CCc1ccc(OCCCC2CCCC2)cc1)COP(=O)(O)O. The number of phosphoric ester groups is 1. The first kappa shape index (κ1) is 22.3. The molecule has 8 heteroatoms. The summed E-state index contributed by atoms with van der Waals surface area (Å²) in [4.78, 5) is 17.6. The van der Waals surface area contributed by atoms with Crippen molar-refractivity contribution in [3.8, 4) is 5.75 Å². The summed E-state index contributed by atoms with van der Waals surface area (Å²) < 4.78 is 21.0. The van der Waals surface area contributed by atoms with E-state index < -0.39 is 26.6 Å². The van der Waals surface area contributed by atoms with E-state index in [1.807, 2.05) is 24.3 Å². The molecule has 0 aromatic heterocycles. The quantitative estimate of drug-likeness (QED) is 0.314. The van der Waals surface area contributed by atoms with Crippen LogP contribution >= 0.6 is 7.82 Å². The molecule has 154 valence electrons. The zero-order chi connectivity index (χ0) is 19.8. The van der Waals surface area contributed by atoms with Crippen LogP contribution in [0, 0.1) is 5.92 Å². The van der Waals surface area contributed by atoms with Crippen molar-refractivity contribution in [2.45, 2.75) is 56.9 Å². The second kappa shape index (κ2) is 10.6. The highest BCUT2D eigenvalue weighted by Crippen LogP contribution is 2.37. The van der Waals surface area contributed by atoms with Crippen molar-refractivity contribution in [2.24, 2.45) is 11.7 Å². The third kappa shape index (κ3) is 8.73. The number of ether oxygens (including phenoxy) is 1. The van der Waals surface area contributed by atoms with E-state index in [0.29, 0.717) is 12.8 Å². The summed E-state index contributed by atoms with van der Waals surface area (Å²) in [5.74, 6) is 1.71. The van der Waals surface area contributed by atoms with E-state index in [4.69, 9.17) is 20.3 Å². The summed E-state index contributed by atoms with van der Waals surface area (Å²) in [6, 6.07) is 7.70. The predicted octanol–water partition coefficient (Wildman–Crippen LogP) is 2.77. The number of hydrogen-bond acceptors (Lipinski definition) is 5. The highest BCUT2D eigenvalue weighted by Gasteiger charge is 2.28. The molecule has 0 saturated heterocycles. The maximum atomic E-state index is 10.8. The Hall–Kier alpha value is -0.950. The largest absolute Gasteiger partial charge is 0.494 e. The second-order valence-electron chi connectivity index (χ2n) is 7.57. The van der Waals surface area contributed by atoms with E-state index >= 15 is 0 Å². The molecule has 0 heterocycles. The molecule has 7 nitrogen and oxygen atoms in total. The molecule has 2 rings (SSSR count). The summed E-state index contributed by atoms with van der Waals surface area (Å²) in [7, 11) is -4.61. The fourth-order valence-electron chi connectivity index (χ4n) is 3.42. The van der Waals surface area contributed by atoms with E-state index in [2.05, 4.69) is 4.52 Å². The number of phosphoric acid groups is 1. The maximum absolute atomic E-state index is 10.8. The Balaban J connectivity index is 1.71. The molecule has 27 heavy (non-hydrogen) atoms. The van der Waals surface area contributed by atoms with Gasteiger partial charge in [-0.3, -0.25) is 4.52 Å². The van der Waals surface area contributed by atoms with Gasteiger partial charge < -0.3 is 25.4 Å². The normalized spacial score (nSPS) is 17.8. The van der Waals surface area contributed by atoms with Crippen LogP contribution in [-0.4, -0.2) is 40.3 Å². The number of benzene rings is 1. The molecule has 1 fully saturated rings. The Bertz CT molecular complexity index is 599. The van der Waals surface area contributed by atoms with Gasteiger partial charge in [0.1, 0.15) is 5.75 Å². The molecular weight excluding hydrogens is 369 g/mol. The molecule has 1 aliphatic carbocycles. The topological polar surface area (TPSA) is 122 Å². The van der Waals surface area contributed by atoms with Crippen LogP contribution in [0.5, 0.6) is 5.75 Å². The molecule has 1 aromatic carbocycles. The van der Waals surface area contributed by atoms with Crippen molar-refractivity contribution in [1.29, 1.82) is 0 Å². The molecule has 1 atom stereocenters. The van der Waals surface area contributed by atoms with Gasteiger partial charge in [-0.15, -0.1) is 0 Å². The molecule has 0 amide bonds. The van der Waals surface area contributed by atoms with E-state index in [1.165, 1.54) is 32.1 Å². The van der Waals surface area contributed by atoms with E-state index in [9.17, 15) is 9.67 Å². The first-order valence-electron chi connectivity index (χ1n) is 9.61. The Morgan fingerprint density at radius 2 is 1.85 bits per heavy atom. The predicted molar refractivity (Wildman–Crippen MR) is 103 cm³/mol. The lowest BCUT2D eigenvalue weighted by molar-refractivity contribution is 0.102. The van der Waals surface area contributed by atoms with Crippen LogP contribution in [0.1, 0.15) is 50.5 Å². The Kier molecular flexibility index (Phi) is 8.73. The second-order valence-corrected chi connectivity index (χ2v) is 8.81. The average molecular weight is 401 g/mol. The molecule has 0 radical (unpaired) electrons. The zero-order valence-electron chi connectivity index (χ0n) is 15.8. The van der Waals surface area contributed by atoms with Gasteiger partial charge in [0.25, 0.3) is 0 Å². The lowest BCUT2D eigenvalue weighted by Gasteiger charge is -2.27. The van der Waals surface area contributed by atoms with Gasteiger partial charge in [-0.05, 0) is 49.3 Å². The number of aryl methyl sites for hydroxylation is 1. The molecule has 0 aliphatic heterocycles. The van der Waals surface area contributed by atoms with Crippen molar-refractivity contribution in [3.05, 3.63) is 29.8 Å². The molecule has 1 unspecified atom stereocenters. The standard InChI is InChI=1S/C19H32NO6P/c20-19(14-21,15-26-27(22,23)24)12-11-17-7-9-18(10-8-17)25-13-3-6-16-4-1-2-5-16/h7-10,16,21H,1-6,11-15,20H2,(H2,22,23,24). The summed E-state index contributed by atoms with van der Waals surface area (Å²) in [5.41, 5.74) is 5.78. The van der Waals surface area contributed by atoms with Gasteiger partial charge in [-0.2, -0.15) is 0 Å². The van der Waals surface area contributed by atoms with Crippen LogP contribution in [0.4, 0.5) is 0 Å². The number of aliphatic hydroxyl groups is 1. The number of nitrogens with two attached hydrogens (primary N) is 1. The van der Waals surface area contributed by atoms with Crippen molar-refractivity contribution < 1.29 is 28.7 Å². The Morgan fingerprint density at radius 1 is 1.19 bits per heavy atom. The zero-order valence-corrected chi connectivity index (χ0v) is 16.7. The van der Waals surface area contributed by atoms with Gasteiger partial charge in [-0.25, -0.2) is 4.57 Å². The molecule has 1 aromatic rings. The smallest absolute Gasteiger partial charge is 0.469 e. The van der Waals surface area contributed by atoms with Gasteiger partial charge in [0.15, 0.2) is 0 Å². The van der Waals surface area contributed by atoms with Gasteiger partial charge >= 0.3 is 7.82 Å². The van der Waals surface area contributed by atoms with Crippen molar-refractivity contribution >= 4 is 7.82 Å². The molecule has 0 bridgehead atoms. The van der Waals surface area contributed by atoms with Gasteiger partial charge in [-0.1, -0.05) is 37.8 Å². The minimum absolute atomic E-state index is 0.338. The average Bonchev–Trinajstić information content (AvgIpc) is 3.16. The van der Waals surface area contributed by atoms with Crippen molar-refractivity contribution in [2.75, 3.05) is 19.8 Å². The summed E-state index contributed by atoms with van der Waals surface area (Å²) in [6.07, 6.45) is 8.70. The summed E-state index contributed by atoms with van der Waals surface area (Å²) in [5, 5.41) is 9.43. The van der Waals surface area contributed by atoms with Crippen LogP contribution in [0.15, 0.2) is 24.3 Å². The highest BCUT2D eigenvalue weighted by atomic mass is 31.2. The molecule has 0 spiro atoms. The van der Waals surface area contributed by atoms with Crippen LogP contribution < -0.4 is 10.5 Å². The van der Waals surface area contributed by atoms with Crippen molar-refractivity contribution in [3.63, 3.8) is 0 Å². The molecular formula is C19H32NO6P. The third-order valence-electron chi connectivity index (χ3n) is 5.17. The summed E-state index contributed by atoms with van der Waals surface area (Å²) in [6.45, 7) is -0.100. The number of aliphatic hydroxyl groups excluding tert-OH is 1. The third-order valence-corrected chi connectivity index (χ3v) is 5.64. The number of rotatable bonds is 12. The maximum Gasteiger partial charge on any atom is 0.469 e. The van der Waals surface area contributed by atoms with Crippen LogP contribution in [-0.2, 0) is 15.5 Å². The van der Waals surface area contributed by atoms with E-state index in [1.54, 1.807) is 0 Å². The molecule has 5 N–H and O–H groups in total. The fraction of sp³-hybridized carbons (Fsp3) is 0.684. The van der Waals surface area contributed by atoms with E-state index in [0.717, 1.165) is 30.3 Å². The monoisotopic (exact) mass is 401 g/mol. The lowest BCUT2D eigenvalue weighted by Crippen LogP contribution is -2.48. The first-order valence-corrected chi connectivity index (χ1v) is 11.1. The Morgan fingerprint density at radius 3 is 2.44 bits per heavy atom. The van der Waals surface area contributed by atoms with Gasteiger partial charge in [0, 0.05) is 0 Å². The molecule has 1 aliphatic rings. The fourth-order valence-corrected chi connectivity index (χ4v) is 3.84. The van der Waals surface area contributed by atoms with Crippen molar-refractivity contribution in [1.82, 2.24) is 0 Å². The van der Waals surface area contributed by atoms with Crippen LogP contribution in [0.2, 0.25) is 0 Å². The highest BCUT2D eigenvalue weighted by molar-refractivity contribution is 7.46. The summed E-state index contributed by atoms with van der Waals surface area (Å²) >= 11 is 0. The first-order chi connectivity index (χ1) is 12.8. The van der Waals surface area contributed by atoms with Gasteiger partial charge in [0.05, 0.1) is 25.4 Å². The lowest BCUT2D eigenvalue weighted by atomic mass is 9.94. The van der Waals surface area contributed by atoms with Crippen LogP contribution in [0.3, 0.4) is 0 Å². The Labute approximate surface area is 161 Å².